The molecule has 0 aliphatic carbocycles. The summed E-state index contributed by atoms with van der Waals surface area (Å²) in [5.74, 6) is -1.85. The number of aromatic nitrogens is 2. The number of aliphatic hydroxyl groups is 3. The molecule has 7 nitrogen and oxygen atoms in total. The summed E-state index contributed by atoms with van der Waals surface area (Å²) >= 11 is 4.91. The Kier molecular flexibility index (Phi) is 4.07. The van der Waals surface area contributed by atoms with Crippen LogP contribution in [0.3, 0.4) is 0 Å². The first-order valence-corrected chi connectivity index (χ1v) is 6.34. The van der Waals surface area contributed by atoms with Crippen LogP contribution in [-0.4, -0.2) is 49.8 Å². The molecule has 0 radical (unpaired) electrons. The molecule has 4 N–H and O–H groups in total. The van der Waals surface area contributed by atoms with E-state index in [0.29, 0.717) is 0 Å². The van der Waals surface area contributed by atoms with Crippen LogP contribution < -0.4 is 5.56 Å². The molecule has 112 valence electrons. The average molecular weight is 306 g/mol. The molecular formula is C11H15FN2O5S. The quantitative estimate of drug-likeness (QED) is 0.550. The molecule has 1 saturated heterocycles. The van der Waals surface area contributed by atoms with Gasteiger partial charge in [-0.25, -0.2) is 0 Å². The summed E-state index contributed by atoms with van der Waals surface area (Å²) in [5.41, 5.74) is -2.56. The predicted octanol–water partition coefficient (Wildman–Crippen LogP) is -0.706. The second-order valence-electron chi connectivity index (χ2n) is 4.87. The maximum Gasteiger partial charge on any atom is 0.287 e. The normalized spacial score (nSPS) is 33.5. The molecule has 1 aromatic heterocycles. The van der Waals surface area contributed by atoms with Gasteiger partial charge in [0, 0.05) is 5.92 Å². The van der Waals surface area contributed by atoms with Gasteiger partial charge in [-0.2, -0.15) is 4.39 Å². The zero-order valence-electron chi connectivity index (χ0n) is 10.6. The summed E-state index contributed by atoms with van der Waals surface area (Å²) in [6, 6.07) is 0. The van der Waals surface area contributed by atoms with Crippen molar-refractivity contribution in [2.45, 2.75) is 24.9 Å². The van der Waals surface area contributed by atoms with E-state index in [4.69, 9.17) is 17.0 Å². The highest BCUT2D eigenvalue weighted by atomic mass is 32.1. The number of nitrogens with one attached hydrogen (secondary N) is 1. The lowest BCUT2D eigenvalue weighted by atomic mass is 9.87. The van der Waals surface area contributed by atoms with Gasteiger partial charge in [0.25, 0.3) is 5.56 Å². The van der Waals surface area contributed by atoms with E-state index in [9.17, 15) is 24.5 Å². The van der Waals surface area contributed by atoms with E-state index in [2.05, 4.69) is 4.98 Å². The summed E-state index contributed by atoms with van der Waals surface area (Å²) in [6.45, 7) is 0.546. The van der Waals surface area contributed by atoms with Crippen molar-refractivity contribution in [3.05, 3.63) is 27.1 Å². The Morgan fingerprint density at radius 2 is 2.20 bits per heavy atom. The first kappa shape index (κ1) is 15.3. The molecule has 20 heavy (non-hydrogen) atoms. The number of rotatable bonds is 3. The molecule has 2 heterocycles. The Bertz CT molecular complexity index is 614. The number of H-pyrrole nitrogens is 1. The fourth-order valence-corrected chi connectivity index (χ4v) is 2.65. The van der Waals surface area contributed by atoms with E-state index >= 15 is 0 Å². The number of aromatic amines is 1. The van der Waals surface area contributed by atoms with Crippen molar-refractivity contribution < 1.29 is 24.4 Å². The Morgan fingerprint density at radius 3 is 2.70 bits per heavy atom. The Morgan fingerprint density at radius 1 is 1.55 bits per heavy atom. The van der Waals surface area contributed by atoms with Crippen LogP contribution in [0.2, 0.25) is 0 Å². The van der Waals surface area contributed by atoms with Gasteiger partial charge in [-0.3, -0.25) is 14.3 Å². The molecule has 0 bridgehead atoms. The van der Waals surface area contributed by atoms with Gasteiger partial charge in [0.2, 0.25) is 5.82 Å². The van der Waals surface area contributed by atoms with Crippen molar-refractivity contribution in [3.8, 4) is 0 Å². The van der Waals surface area contributed by atoms with Gasteiger partial charge in [-0.1, -0.05) is 0 Å². The lowest BCUT2D eigenvalue weighted by Gasteiger charge is -2.29. The third-order valence-corrected chi connectivity index (χ3v) is 3.87. The molecule has 1 aliphatic heterocycles. The van der Waals surface area contributed by atoms with E-state index in [-0.39, 0.29) is 4.77 Å². The lowest BCUT2D eigenvalue weighted by molar-refractivity contribution is -0.0931. The Balaban J connectivity index is 2.51. The fraction of sp³-hybridized carbons (Fsp3) is 0.636. The van der Waals surface area contributed by atoms with E-state index < -0.39 is 48.4 Å². The minimum Gasteiger partial charge on any atom is -0.396 e. The number of hydrogen-bond acceptors (Lipinski definition) is 6. The smallest absolute Gasteiger partial charge is 0.287 e. The molecule has 0 saturated carbocycles. The third-order valence-electron chi connectivity index (χ3n) is 3.56. The zero-order valence-corrected chi connectivity index (χ0v) is 11.4. The summed E-state index contributed by atoms with van der Waals surface area (Å²) in [7, 11) is 0. The van der Waals surface area contributed by atoms with Crippen molar-refractivity contribution in [3.63, 3.8) is 0 Å². The summed E-state index contributed by atoms with van der Waals surface area (Å²) in [4.78, 5) is 13.2. The lowest BCUT2D eigenvalue weighted by Crippen LogP contribution is -2.42. The van der Waals surface area contributed by atoms with Gasteiger partial charge < -0.3 is 20.1 Å². The highest BCUT2D eigenvalue weighted by Gasteiger charge is 2.53. The Labute approximate surface area is 118 Å². The van der Waals surface area contributed by atoms with Gasteiger partial charge >= 0.3 is 0 Å². The maximum atomic E-state index is 13.4. The standard InChI is InChI=1S/C11H15FN2O5S/c1-11(18)5(3-15)7(4-16)19-9(11)14-2-6(12)8(17)13-10(14)20/h2,5,7,9,15-16,18H,3-4H2,1H3,(H,13,17,20)/t5?,7-,9-,11?/m1/s1. The molecule has 1 aromatic rings. The van der Waals surface area contributed by atoms with E-state index in [1.165, 1.54) is 6.92 Å². The highest BCUT2D eigenvalue weighted by molar-refractivity contribution is 7.71. The SMILES string of the molecule is CC1(O)C(CO)[C@@H](CO)O[C@H]1n1cc(F)c(=O)[nH]c1=S. The molecule has 1 fully saturated rings. The van der Waals surface area contributed by atoms with Gasteiger partial charge in [0.1, 0.15) is 5.60 Å². The minimum atomic E-state index is -1.59. The number of aliphatic hydroxyl groups excluding tert-OH is 2. The highest BCUT2D eigenvalue weighted by Crippen LogP contribution is 2.42. The molecule has 0 spiro atoms. The number of ether oxygens (including phenoxy) is 1. The third kappa shape index (κ3) is 2.31. The largest absolute Gasteiger partial charge is 0.396 e. The number of halogens is 1. The number of hydrogen-bond donors (Lipinski definition) is 4. The minimum absolute atomic E-state index is 0.128. The molecule has 0 aromatic carbocycles. The van der Waals surface area contributed by atoms with Crippen LogP contribution in [0.4, 0.5) is 4.39 Å². The first-order valence-electron chi connectivity index (χ1n) is 5.93. The van der Waals surface area contributed by atoms with E-state index in [0.717, 1.165) is 10.8 Å². The molecule has 0 amide bonds. The molecule has 2 rings (SSSR count). The zero-order chi connectivity index (χ0) is 15.1. The molecule has 2 unspecified atom stereocenters. The number of nitrogens with zero attached hydrogens (tertiary/aromatic N) is 1. The van der Waals surface area contributed by atoms with Gasteiger partial charge in [-0.05, 0) is 19.1 Å². The molecule has 1 aliphatic rings. The van der Waals surface area contributed by atoms with Crippen molar-refractivity contribution >= 4 is 12.2 Å². The van der Waals surface area contributed by atoms with E-state index in [1.807, 2.05) is 0 Å². The maximum absolute atomic E-state index is 13.4. The van der Waals surface area contributed by atoms with E-state index in [1.54, 1.807) is 0 Å². The van der Waals surface area contributed by atoms with Crippen LogP contribution in [0.5, 0.6) is 0 Å². The van der Waals surface area contributed by atoms with Crippen LogP contribution >= 0.6 is 12.2 Å². The van der Waals surface area contributed by atoms with Crippen molar-refractivity contribution in [2.24, 2.45) is 5.92 Å². The van der Waals surface area contributed by atoms with Gasteiger partial charge in [0.15, 0.2) is 11.0 Å². The van der Waals surface area contributed by atoms with Crippen LogP contribution in [0.25, 0.3) is 0 Å². The Hall–Kier alpha value is -1.13. The second kappa shape index (κ2) is 5.34. The predicted molar refractivity (Wildman–Crippen MR) is 68.0 cm³/mol. The fourth-order valence-electron chi connectivity index (χ4n) is 2.41. The molecular weight excluding hydrogens is 291 g/mol. The van der Waals surface area contributed by atoms with Crippen molar-refractivity contribution in [1.82, 2.24) is 9.55 Å². The van der Waals surface area contributed by atoms with Crippen molar-refractivity contribution in [1.29, 1.82) is 0 Å². The van der Waals surface area contributed by atoms with Crippen LogP contribution in [0.1, 0.15) is 13.2 Å². The van der Waals surface area contributed by atoms with Crippen molar-refractivity contribution in [2.75, 3.05) is 13.2 Å². The summed E-state index contributed by atoms with van der Waals surface area (Å²) in [5, 5.41) is 29.0. The first-order chi connectivity index (χ1) is 9.32. The molecule has 9 heteroatoms. The topological polar surface area (TPSA) is 108 Å². The molecule has 4 atom stereocenters. The van der Waals surface area contributed by atoms with Gasteiger partial charge in [0.05, 0.1) is 25.5 Å². The summed E-state index contributed by atoms with van der Waals surface area (Å²) < 4.78 is 19.7. The van der Waals surface area contributed by atoms with Crippen LogP contribution in [0.15, 0.2) is 11.0 Å². The summed E-state index contributed by atoms with van der Waals surface area (Å²) in [6.07, 6.45) is -1.12. The second-order valence-corrected chi connectivity index (χ2v) is 5.25. The monoisotopic (exact) mass is 306 g/mol. The average Bonchev–Trinajstić information content (AvgIpc) is 2.64. The van der Waals surface area contributed by atoms with Crippen LogP contribution in [0, 0.1) is 16.5 Å². The van der Waals surface area contributed by atoms with Crippen LogP contribution in [-0.2, 0) is 4.74 Å². The van der Waals surface area contributed by atoms with Gasteiger partial charge in [-0.15, -0.1) is 0 Å².